The summed E-state index contributed by atoms with van der Waals surface area (Å²) in [7, 11) is -1.81. The fourth-order valence-corrected chi connectivity index (χ4v) is 2.73. The largest absolute Gasteiger partial charge is 0.332 e. The molecule has 1 fully saturated rings. The molecule has 7 heteroatoms. The molecule has 1 aliphatic rings. The molecule has 0 saturated carbocycles. The van der Waals surface area contributed by atoms with Crippen LogP contribution >= 0.6 is 0 Å². The number of aryl methyl sites for hydroxylation is 1. The Morgan fingerprint density at radius 3 is 2.60 bits per heavy atom. The molecule has 1 saturated heterocycles. The van der Waals surface area contributed by atoms with Gasteiger partial charge in [0.1, 0.15) is 5.82 Å². The molecule has 15 heavy (non-hydrogen) atoms. The molecule has 1 aromatic heterocycles. The fraction of sp³-hybridized carbons (Fsp3) is 0.625. The normalized spacial score (nSPS) is 18.1. The van der Waals surface area contributed by atoms with Crippen LogP contribution in [0.4, 0.5) is 0 Å². The Kier molecular flexibility index (Phi) is 2.53. The van der Waals surface area contributed by atoms with E-state index in [1.165, 1.54) is 10.5 Å². The maximum atomic E-state index is 12.0. The van der Waals surface area contributed by atoms with E-state index in [0.717, 1.165) is 0 Å². The molecule has 0 aromatic carbocycles. The molecule has 0 bridgehead atoms. The maximum absolute atomic E-state index is 12.0. The van der Waals surface area contributed by atoms with Crippen molar-refractivity contribution >= 4 is 10.0 Å². The van der Waals surface area contributed by atoms with Crippen molar-refractivity contribution in [3.63, 3.8) is 0 Å². The number of imidazole rings is 1. The summed E-state index contributed by atoms with van der Waals surface area (Å²) < 4.78 is 25.4. The molecule has 2 N–H and O–H groups in total. The first-order chi connectivity index (χ1) is 7.01. The van der Waals surface area contributed by atoms with Gasteiger partial charge in [0.15, 0.2) is 5.03 Å². The number of likely N-dealkylation sites (N-methyl/N-ethyl adjacent to an activating group) is 1. The molecule has 0 spiro atoms. The Morgan fingerprint density at radius 2 is 2.20 bits per heavy atom. The number of hydrogen-bond acceptors (Lipinski definition) is 4. The van der Waals surface area contributed by atoms with Crippen molar-refractivity contribution in [1.29, 1.82) is 0 Å². The average molecular weight is 230 g/mol. The van der Waals surface area contributed by atoms with E-state index in [2.05, 4.69) is 15.3 Å². The lowest BCUT2D eigenvalue weighted by molar-refractivity contribution is 0.273. The van der Waals surface area contributed by atoms with Crippen LogP contribution in [-0.4, -0.2) is 48.9 Å². The minimum atomic E-state index is -3.40. The number of H-pyrrole nitrogens is 1. The zero-order chi connectivity index (χ0) is 11.1. The van der Waals surface area contributed by atoms with Crippen molar-refractivity contribution in [3.8, 4) is 0 Å². The van der Waals surface area contributed by atoms with Gasteiger partial charge in [0.2, 0.25) is 0 Å². The molecule has 0 aliphatic carbocycles. The molecule has 84 valence electrons. The lowest BCUT2D eigenvalue weighted by Gasteiger charge is -2.34. The minimum Gasteiger partial charge on any atom is -0.332 e. The molecule has 0 radical (unpaired) electrons. The van der Waals surface area contributed by atoms with Crippen molar-refractivity contribution < 1.29 is 8.42 Å². The first-order valence-corrected chi connectivity index (χ1v) is 6.16. The second-order valence-electron chi connectivity index (χ2n) is 3.67. The number of sulfonamides is 1. The summed E-state index contributed by atoms with van der Waals surface area (Å²) in [5.41, 5.74) is 0. The van der Waals surface area contributed by atoms with Gasteiger partial charge in [-0.25, -0.2) is 13.4 Å². The monoisotopic (exact) mass is 230 g/mol. The summed E-state index contributed by atoms with van der Waals surface area (Å²) in [5, 5.41) is 3.20. The average Bonchev–Trinajstić information content (AvgIpc) is 2.49. The van der Waals surface area contributed by atoms with Gasteiger partial charge in [-0.3, -0.25) is 0 Å². The van der Waals surface area contributed by atoms with Crippen molar-refractivity contribution in [1.82, 2.24) is 19.6 Å². The smallest absolute Gasteiger partial charge is 0.260 e. The first-order valence-electron chi connectivity index (χ1n) is 4.72. The Morgan fingerprint density at radius 1 is 1.53 bits per heavy atom. The van der Waals surface area contributed by atoms with Gasteiger partial charge in [-0.05, 0) is 6.92 Å². The van der Waals surface area contributed by atoms with Crippen LogP contribution in [0.1, 0.15) is 5.82 Å². The van der Waals surface area contributed by atoms with Crippen molar-refractivity contribution in [3.05, 3.63) is 12.0 Å². The Bertz CT molecular complexity index is 449. The maximum Gasteiger partial charge on any atom is 0.260 e. The van der Waals surface area contributed by atoms with Crippen LogP contribution in [0.3, 0.4) is 0 Å². The fourth-order valence-electron chi connectivity index (χ4n) is 1.41. The van der Waals surface area contributed by atoms with Gasteiger partial charge in [-0.1, -0.05) is 0 Å². The van der Waals surface area contributed by atoms with Gasteiger partial charge in [0.25, 0.3) is 10.0 Å². The third-order valence-corrected chi connectivity index (χ3v) is 4.43. The highest BCUT2D eigenvalue weighted by atomic mass is 32.2. The third-order valence-electron chi connectivity index (χ3n) is 2.61. The second-order valence-corrected chi connectivity index (χ2v) is 5.63. The highest BCUT2D eigenvalue weighted by molar-refractivity contribution is 7.89. The quantitative estimate of drug-likeness (QED) is 0.720. The van der Waals surface area contributed by atoms with E-state index < -0.39 is 10.0 Å². The minimum absolute atomic E-state index is 0.0543. The lowest BCUT2D eigenvalue weighted by Crippen LogP contribution is -2.57. The van der Waals surface area contributed by atoms with E-state index in [4.69, 9.17) is 0 Å². The number of nitrogens with zero attached hydrogens (tertiary/aromatic N) is 2. The van der Waals surface area contributed by atoms with E-state index in [9.17, 15) is 8.42 Å². The van der Waals surface area contributed by atoms with E-state index in [0.29, 0.717) is 18.9 Å². The van der Waals surface area contributed by atoms with Crippen molar-refractivity contribution in [2.24, 2.45) is 0 Å². The number of aromatic nitrogens is 2. The second kappa shape index (κ2) is 3.58. The molecule has 2 rings (SSSR count). The van der Waals surface area contributed by atoms with E-state index in [-0.39, 0.29) is 11.1 Å². The van der Waals surface area contributed by atoms with Crippen LogP contribution in [0.2, 0.25) is 0 Å². The number of nitrogens with one attached hydrogen (secondary N) is 2. The number of hydrogen-bond donors (Lipinski definition) is 2. The van der Waals surface area contributed by atoms with Crippen LogP contribution in [-0.2, 0) is 10.0 Å². The third kappa shape index (κ3) is 1.77. The molecule has 0 atom stereocenters. The lowest BCUT2D eigenvalue weighted by atomic mass is 10.2. The van der Waals surface area contributed by atoms with Gasteiger partial charge in [-0.15, -0.1) is 0 Å². The molecular formula is C8H14N4O2S. The van der Waals surface area contributed by atoms with Gasteiger partial charge >= 0.3 is 0 Å². The standard InChI is InChI=1S/C8H14N4O2S/c1-6-10-5-8(11-6)15(13,14)12(2)7-3-9-4-7/h5,7,9H,3-4H2,1-2H3,(H,10,11). The molecule has 6 nitrogen and oxygen atoms in total. The summed E-state index contributed by atoms with van der Waals surface area (Å²) in [6.45, 7) is 3.15. The first kappa shape index (κ1) is 10.6. The van der Waals surface area contributed by atoms with Crippen LogP contribution in [0.25, 0.3) is 0 Å². The van der Waals surface area contributed by atoms with Crippen LogP contribution in [0, 0.1) is 6.92 Å². The zero-order valence-corrected chi connectivity index (χ0v) is 9.50. The SMILES string of the molecule is Cc1ncc(S(=O)(=O)N(C)C2CNC2)[nH]1. The summed E-state index contributed by atoms with van der Waals surface area (Å²) in [6, 6.07) is 0.0543. The highest BCUT2D eigenvalue weighted by Crippen LogP contribution is 2.15. The Balaban J connectivity index is 2.26. The van der Waals surface area contributed by atoms with E-state index in [1.807, 2.05) is 0 Å². The van der Waals surface area contributed by atoms with Crippen LogP contribution < -0.4 is 5.32 Å². The van der Waals surface area contributed by atoms with E-state index >= 15 is 0 Å². The van der Waals surface area contributed by atoms with Gasteiger partial charge in [0.05, 0.1) is 6.20 Å². The molecule has 1 aliphatic heterocycles. The zero-order valence-electron chi connectivity index (χ0n) is 8.69. The highest BCUT2D eigenvalue weighted by Gasteiger charge is 2.32. The van der Waals surface area contributed by atoms with Crippen molar-refractivity contribution in [2.75, 3.05) is 20.1 Å². The summed E-state index contributed by atoms with van der Waals surface area (Å²) in [4.78, 5) is 6.63. The molecule has 1 aromatic rings. The van der Waals surface area contributed by atoms with Gasteiger partial charge in [-0.2, -0.15) is 4.31 Å². The Hall–Kier alpha value is -0.920. The van der Waals surface area contributed by atoms with E-state index in [1.54, 1.807) is 14.0 Å². The van der Waals surface area contributed by atoms with Crippen molar-refractivity contribution in [2.45, 2.75) is 18.0 Å². The van der Waals surface area contributed by atoms with Gasteiger partial charge in [0, 0.05) is 26.2 Å². The number of aromatic amines is 1. The van der Waals surface area contributed by atoms with Crippen LogP contribution in [0.15, 0.2) is 11.2 Å². The Labute approximate surface area is 88.7 Å². The van der Waals surface area contributed by atoms with Crippen LogP contribution in [0.5, 0.6) is 0 Å². The predicted octanol–water partition coefficient (Wildman–Crippen LogP) is -0.690. The molecule has 0 amide bonds. The number of rotatable bonds is 3. The molecular weight excluding hydrogens is 216 g/mol. The summed E-state index contributed by atoms with van der Waals surface area (Å²) in [6.07, 6.45) is 1.35. The molecule has 2 heterocycles. The summed E-state index contributed by atoms with van der Waals surface area (Å²) >= 11 is 0. The topological polar surface area (TPSA) is 78.1 Å². The molecule has 0 unspecified atom stereocenters. The van der Waals surface area contributed by atoms with Gasteiger partial charge < -0.3 is 10.3 Å². The predicted molar refractivity (Wildman–Crippen MR) is 54.9 cm³/mol. The summed E-state index contributed by atoms with van der Waals surface area (Å²) in [5.74, 6) is 0.605.